The summed E-state index contributed by atoms with van der Waals surface area (Å²) in [6, 6.07) is 73.7. The first kappa shape index (κ1) is 51.1. The van der Waals surface area contributed by atoms with Crippen molar-refractivity contribution < 1.29 is 26.3 Å². The van der Waals surface area contributed by atoms with Crippen LogP contribution in [0.1, 0.15) is 61.8 Å². The minimum atomic E-state index is -4.63. The van der Waals surface area contributed by atoms with Gasteiger partial charge in [-0.25, -0.2) is 0 Å². The van der Waals surface area contributed by atoms with Gasteiger partial charge < -0.3 is 18.3 Å². The molecule has 4 heterocycles. The van der Waals surface area contributed by atoms with Crippen LogP contribution in [0, 0.1) is 0 Å². The molecule has 0 radical (unpaired) electrons. The average Bonchev–Trinajstić information content (AvgIpc) is 2.00. The van der Waals surface area contributed by atoms with Crippen LogP contribution in [0.25, 0.3) is 132 Å². The summed E-state index contributed by atoms with van der Waals surface area (Å²) in [5, 5.41) is 7.92. The summed E-state index contributed by atoms with van der Waals surface area (Å²) < 4.78 is 98.3. The number of rotatable bonds is 8. The zero-order valence-electron chi connectivity index (χ0n) is 46.2. The van der Waals surface area contributed by atoms with E-state index in [4.69, 9.17) is 0 Å². The van der Waals surface area contributed by atoms with Gasteiger partial charge in [-0.3, -0.25) is 0 Å². The summed E-state index contributed by atoms with van der Waals surface area (Å²) in [5.41, 5.74) is 13.4. The van der Waals surface area contributed by atoms with Crippen molar-refractivity contribution in [1.29, 1.82) is 0 Å². The molecule has 410 valence electrons. The Kier molecular flexibility index (Phi) is 11.5. The van der Waals surface area contributed by atoms with Gasteiger partial charge in [-0.1, -0.05) is 173 Å². The van der Waals surface area contributed by atoms with E-state index in [1.165, 1.54) is 0 Å². The molecular formula is C74H52F6N4. The third-order valence-electron chi connectivity index (χ3n) is 17.1. The SMILES string of the molecule is CC(C)c1c(-c2ccc(C(F)(F)F)cc2)c(-n2c3ccccc3c3ccc4c(c5ccccc5n4-c4ccccc4)c32)c(C(C)C)c(-n2c3ccccc3c3ccc4c(c5ccccc5n4-c4ccccc4)c32)c1-c1ccc(C(F)(F)F)cc1. The Labute approximate surface area is 479 Å². The third-order valence-corrected chi connectivity index (χ3v) is 17.1. The molecule has 0 aliphatic rings. The highest BCUT2D eigenvalue weighted by Crippen LogP contribution is 2.55. The van der Waals surface area contributed by atoms with Crippen molar-refractivity contribution in [2.75, 3.05) is 0 Å². The molecule has 4 nitrogen and oxygen atoms in total. The maximum atomic E-state index is 14.8. The van der Waals surface area contributed by atoms with Crippen molar-refractivity contribution in [2.45, 2.75) is 51.9 Å². The Bertz CT molecular complexity index is 4820. The van der Waals surface area contributed by atoms with Crippen LogP contribution in [0.5, 0.6) is 0 Å². The van der Waals surface area contributed by atoms with Gasteiger partial charge in [0.15, 0.2) is 0 Å². The highest BCUT2D eigenvalue weighted by atomic mass is 19.4. The van der Waals surface area contributed by atoms with Gasteiger partial charge >= 0.3 is 12.4 Å². The molecule has 0 aliphatic heterocycles. The highest BCUT2D eigenvalue weighted by Gasteiger charge is 2.37. The Morgan fingerprint density at radius 3 is 0.952 bits per heavy atom. The lowest BCUT2D eigenvalue weighted by Gasteiger charge is -2.32. The monoisotopic (exact) mass is 1110 g/mol. The number of nitrogens with zero attached hydrogens (tertiary/aromatic N) is 4. The van der Waals surface area contributed by atoms with Gasteiger partial charge in [-0.2, -0.15) is 26.3 Å². The predicted octanol–water partition coefficient (Wildman–Crippen LogP) is 21.7. The van der Waals surface area contributed by atoms with E-state index in [-0.39, 0.29) is 11.8 Å². The lowest BCUT2D eigenvalue weighted by molar-refractivity contribution is -0.138. The molecule has 0 fully saturated rings. The van der Waals surface area contributed by atoms with Crippen LogP contribution in [0.15, 0.2) is 231 Å². The second-order valence-corrected chi connectivity index (χ2v) is 22.5. The van der Waals surface area contributed by atoms with E-state index < -0.39 is 23.5 Å². The van der Waals surface area contributed by atoms with E-state index in [2.05, 4.69) is 155 Å². The van der Waals surface area contributed by atoms with Gasteiger partial charge in [0.05, 0.1) is 66.6 Å². The summed E-state index contributed by atoms with van der Waals surface area (Å²) in [6.45, 7) is 8.46. The van der Waals surface area contributed by atoms with Crippen LogP contribution in [0.3, 0.4) is 0 Å². The Morgan fingerprint density at radius 1 is 0.286 bits per heavy atom. The number of aromatic nitrogens is 4. The third kappa shape index (κ3) is 7.55. The molecule has 0 N–H and O–H groups in total. The largest absolute Gasteiger partial charge is 0.416 e. The predicted molar refractivity (Wildman–Crippen MR) is 333 cm³/mol. The van der Waals surface area contributed by atoms with Crippen molar-refractivity contribution in [3.63, 3.8) is 0 Å². The second-order valence-electron chi connectivity index (χ2n) is 22.5. The molecule has 0 aliphatic carbocycles. The normalized spacial score (nSPS) is 12.6. The lowest BCUT2D eigenvalue weighted by atomic mass is 9.78. The first-order valence-electron chi connectivity index (χ1n) is 28.3. The standard InChI is InChI=1S/C74H52F6N4/c1-43(2)63-65(45-31-35-47(36-32-45)73(75,76)77)71(83-57-27-15-11-23-51(57)53-39-41-61-67(69(53)83)55-25-13-17-29-59(55)81(61)49-19-7-5-8-20-49)64(44(3)4)72(66(63)46-33-37-48(38-34-46)74(78,79)80)84-58-28-16-12-24-52(58)54-40-42-62-68(70(54)84)56-26-14-18-30-60(56)82(62)50-21-9-6-10-22-50/h5-44H,1-4H3. The van der Waals surface area contributed by atoms with Crippen LogP contribution < -0.4 is 0 Å². The van der Waals surface area contributed by atoms with Gasteiger partial charge in [0.1, 0.15) is 0 Å². The zero-order valence-corrected chi connectivity index (χ0v) is 46.2. The topological polar surface area (TPSA) is 19.7 Å². The summed E-state index contributed by atoms with van der Waals surface area (Å²) in [5.74, 6) is -0.723. The molecular weight excluding hydrogens is 1060 g/mol. The number of fused-ring (bicyclic) bond motifs is 14. The maximum absolute atomic E-state index is 14.8. The van der Waals surface area contributed by atoms with Crippen molar-refractivity contribution >= 4 is 87.2 Å². The summed E-state index contributed by atoms with van der Waals surface area (Å²) in [4.78, 5) is 0. The molecule has 84 heavy (non-hydrogen) atoms. The molecule has 15 rings (SSSR count). The van der Waals surface area contributed by atoms with Gasteiger partial charge in [0.25, 0.3) is 0 Å². The quantitative estimate of drug-likeness (QED) is 0.135. The second kappa shape index (κ2) is 18.9. The molecule has 10 heteroatoms. The fraction of sp³-hybridized carbons (Fsp3) is 0.108. The smallest absolute Gasteiger partial charge is 0.309 e. The number of hydrogen-bond acceptors (Lipinski definition) is 0. The summed E-state index contributed by atoms with van der Waals surface area (Å²) in [6.07, 6.45) is -9.25. The minimum absolute atomic E-state index is 0.347. The Balaban J connectivity index is 1.24. The average molecular weight is 1110 g/mol. The number of hydrogen-bond donors (Lipinski definition) is 0. The molecule has 0 saturated carbocycles. The first-order chi connectivity index (χ1) is 40.7. The van der Waals surface area contributed by atoms with Gasteiger partial charge in [0.2, 0.25) is 0 Å². The zero-order chi connectivity index (χ0) is 57.5. The number of para-hydroxylation sites is 6. The molecule has 0 bridgehead atoms. The van der Waals surface area contributed by atoms with Crippen molar-refractivity contribution in [3.8, 4) is 45.0 Å². The number of halogens is 6. The van der Waals surface area contributed by atoms with E-state index in [9.17, 15) is 26.3 Å². The van der Waals surface area contributed by atoms with E-state index in [0.29, 0.717) is 22.3 Å². The molecule has 4 aromatic heterocycles. The van der Waals surface area contributed by atoms with E-state index >= 15 is 0 Å². The number of alkyl halides is 6. The van der Waals surface area contributed by atoms with Crippen molar-refractivity contribution in [3.05, 3.63) is 253 Å². The van der Waals surface area contributed by atoms with Crippen molar-refractivity contribution in [1.82, 2.24) is 18.3 Å². The number of benzene rings is 11. The molecule has 0 unspecified atom stereocenters. The first-order valence-corrected chi connectivity index (χ1v) is 28.3. The van der Waals surface area contributed by atoms with Gasteiger partial charge in [-0.05, 0) is 113 Å². The molecule has 0 amide bonds. The van der Waals surface area contributed by atoms with Crippen LogP contribution in [-0.4, -0.2) is 18.3 Å². The summed E-state index contributed by atoms with van der Waals surface area (Å²) >= 11 is 0. The fourth-order valence-corrected chi connectivity index (χ4v) is 13.8. The van der Waals surface area contributed by atoms with E-state index in [1.807, 2.05) is 72.8 Å². The molecule has 15 aromatic rings. The Morgan fingerprint density at radius 2 is 0.607 bits per heavy atom. The molecule has 0 saturated heterocycles. The van der Waals surface area contributed by atoms with E-state index in [1.54, 1.807) is 24.3 Å². The maximum Gasteiger partial charge on any atom is 0.416 e. The Hall–Kier alpha value is -9.80. The minimum Gasteiger partial charge on any atom is -0.309 e. The van der Waals surface area contributed by atoms with Crippen molar-refractivity contribution in [2.24, 2.45) is 0 Å². The van der Waals surface area contributed by atoms with Crippen LogP contribution in [0.4, 0.5) is 26.3 Å². The fourth-order valence-electron chi connectivity index (χ4n) is 13.8. The molecule has 0 spiro atoms. The van der Waals surface area contributed by atoms with Crippen LogP contribution in [0.2, 0.25) is 0 Å². The van der Waals surface area contributed by atoms with E-state index in [0.717, 1.165) is 145 Å². The van der Waals surface area contributed by atoms with Crippen LogP contribution in [-0.2, 0) is 12.4 Å². The lowest BCUT2D eigenvalue weighted by Crippen LogP contribution is -2.15. The van der Waals surface area contributed by atoms with Crippen LogP contribution >= 0.6 is 0 Å². The molecule has 11 aromatic carbocycles. The summed E-state index contributed by atoms with van der Waals surface area (Å²) in [7, 11) is 0. The van der Waals surface area contributed by atoms with Gasteiger partial charge in [0, 0.05) is 71.2 Å². The molecule has 0 atom stereocenters. The van der Waals surface area contributed by atoms with Gasteiger partial charge in [-0.15, -0.1) is 0 Å². The highest BCUT2D eigenvalue weighted by molar-refractivity contribution is 6.28.